The quantitative estimate of drug-likeness (QED) is 0.227. The SMILES string of the molecule is CC1=C(C(=O)OCCOc2ccccc2)[C@H](c2ccc(Cl)c([N+](=O)[O-])c2)C2=C(CC(C)(C)CC2=O)N1. The molecule has 0 amide bonds. The molecule has 2 aromatic carbocycles. The Hall–Kier alpha value is -3.65. The lowest BCUT2D eigenvalue weighted by molar-refractivity contribution is -0.384. The van der Waals surface area contributed by atoms with E-state index >= 15 is 0 Å². The average molecular weight is 511 g/mol. The van der Waals surface area contributed by atoms with Gasteiger partial charge in [0.25, 0.3) is 5.69 Å². The minimum Gasteiger partial charge on any atom is -0.490 e. The number of ketones is 1. The van der Waals surface area contributed by atoms with Crippen LogP contribution in [-0.4, -0.2) is 29.9 Å². The predicted molar refractivity (Wildman–Crippen MR) is 135 cm³/mol. The molecule has 0 aromatic heterocycles. The summed E-state index contributed by atoms with van der Waals surface area (Å²) < 4.78 is 11.1. The molecule has 2 aliphatic rings. The monoisotopic (exact) mass is 510 g/mol. The second-order valence-corrected chi connectivity index (χ2v) is 10.1. The maximum Gasteiger partial charge on any atom is 0.336 e. The highest BCUT2D eigenvalue weighted by Crippen LogP contribution is 2.47. The van der Waals surface area contributed by atoms with Crippen molar-refractivity contribution in [3.63, 3.8) is 0 Å². The summed E-state index contributed by atoms with van der Waals surface area (Å²) in [6.45, 7) is 5.89. The molecule has 188 valence electrons. The number of ether oxygens (including phenoxy) is 2. The molecule has 0 unspecified atom stereocenters. The van der Waals surface area contributed by atoms with Gasteiger partial charge in [0.1, 0.15) is 24.0 Å². The lowest BCUT2D eigenvalue weighted by Crippen LogP contribution is -2.38. The highest BCUT2D eigenvalue weighted by molar-refractivity contribution is 6.32. The molecule has 0 spiro atoms. The van der Waals surface area contributed by atoms with E-state index in [-0.39, 0.29) is 40.7 Å². The minimum atomic E-state index is -0.816. The Morgan fingerprint density at radius 2 is 1.89 bits per heavy atom. The van der Waals surface area contributed by atoms with E-state index in [1.54, 1.807) is 25.1 Å². The Kier molecular flexibility index (Phi) is 7.17. The zero-order valence-corrected chi connectivity index (χ0v) is 21.1. The Balaban J connectivity index is 1.67. The number of allylic oxidation sites excluding steroid dienone is 3. The van der Waals surface area contributed by atoms with Crippen LogP contribution in [0.3, 0.4) is 0 Å². The number of para-hydroxylation sites is 1. The van der Waals surface area contributed by atoms with Crippen LogP contribution in [0, 0.1) is 15.5 Å². The number of benzene rings is 2. The van der Waals surface area contributed by atoms with Gasteiger partial charge in [-0.1, -0.05) is 49.7 Å². The van der Waals surface area contributed by atoms with Crippen LogP contribution in [0.5, 0.6) is 5.75 Å². The van der Waals surface area contributed by atoms with Crippen molar-refractivity contribution in [1.82, 2.24) is 5.32 Å². The molecule has 0 saturated carbocycles. The Morgan fingerprint density at radius 1 is 1.17 bits per heavy atom. The molecule has 0 bridgehead atoms. The second kappa shape index (κ2) is 10.1. The van der Waals surface area contributed by atoms with E-state index in [2.05, 4.69) is 5.32 Å². The van der Waals surface area contributed by atoms with Crippen LogP contribution in [0.2, 0.25) is 5.02 Å². The van der Waals surface area contributed by atoms with Crippen molar-refractivity contribution in [3.8, 4) is 5.75 Å². The van der Waals surface area contributed by atoms with Crippen molar-refractivity contribution >= 4 is 29.0 Å². The van der Waals surface area contributed by atoms with Crippen molar-refractivity contribution in [2.24, 2.45) is 5.41 Å². The lowest BCUT2D eigenvalue weighted by atomic mass is 9.68. The third-order valence-electron chi connectivity index (χ3n) is 6.29. The molecular weight excluding hydrogens is 484 g/mol. The van der Waals surface area contributed by atoms with Crippen LogP contribution in [0.25, 0.3) is 0 Å². The number of nitro groups is 1. The first-order valence-electron chi connectivity index (χ1n) is 11.6. The maximum atomic E-state index is 13.4. The summed E-state index contributed by atoms with van der Waals surface area (Å²) in [6, 6.07) is 13.5. The lowest BCUT2D eigenvalue weighted by Gasteiger charge is -2.39. The largest absolute Gasteiger partial charge is 0.490 e. The fourth-order valence-corrected chi connectivity index (χ4v) is 4.96. The molecule has 36 heavy (non-hydrogen) atoms. The normalized spacial score (nSPS) is 18.9. The van der Waals surface area contributed by atoms with Crippen molar-refractivity contribution < 1.29 is 24.0 Å². The smallest absolute Gasteiger partial charge is 0.336 e. The zero-order valence-electron chi connectivity index (χ0n) is 20.3. The molecule has 8 nitrogen and oxygen atoms in total. The van der Waals surface area contributed by atoms with E-state index < -0.39 is 16.8 Å². The number of dihydropyridines is 1. The number of rotatable bonds is 7. The number of nitrogens with zero attached hydrogens (tertiary/aromatic N) is 1. The average Bonchev–Trinajstić information content (AvgIpc) is 2.81. The van der Waals surface area contributed by atoms with Crippen LogP contribution in [0.1, 0.15) is 45.1 Å². The number of Topliss-reactive ketones (excluding diaryl/α,β-unsaturated/α-hetero) is 1. The summed E-state index contributed by atoms with van der Waals surface area (Å²) in [5.41, 5.74) is 1.81. The van der Waals surface area contributed by atoms with Crippen LogP contribution >= 0.6 is 11.6 Å². The van der Waals surface area contributed by atoms with Gasteiger partial charge < -0.3 is 14.8 Å². The minimum absolute atomic E-state index is 0.00905. The summed E-state index contributed by atoms with van der Waals surface area (Å²) in [7, 11) is 0. The number of carbonyl (C=O) groups is 2. The Morgan fingerprint density at radius 3 is 2.58 bits per heavy atom. The van der Waals surface area contributed by atoms with Crippen LogP contribution in [-0.2, 0) is 14.3 Å². The third kappa shape index (κ3) is 5.28. The van der Waals surface area contributed by atoms with Gasteiger partial charge in [-0.15, -0.1) is 0 Å². The van der Waals surface area contributed by atoms with Crippen molar-refractivity contribution in [1.29, 1.82) is 0 Å². The molecule has 4 rings (SSSR count). The maximum absolute atomic E-state index is 13.4. The molecule has 1 heterocycles. The van der Waals surface area contributed by atoms with Crippen molar-refractivity contribution in [2.75, 3.05) is 13.2 Å². The van der Waals surface area contributed by atoms with Crippen molar-refractivity contribution in [3.05, 3.63) is 91.8 Å². The molecule has 1 aliphatic heterocycles. The molecule has 1 atom stereocenters. The van der Waals surface area contributed by atoms with Crippen LogP contribution in [0.15, 0.2) is 71.1 Å². The topological polar surface area (TPSA) is 108 Å². The number of nitro benzene ring substituents is 1. The van der Waals surface area contributed by atoms with Gasteiger partial charge in [-0.05, 0) is 42.5 Å². The summed E-state index contributed by atoms with van der Waals surface area (Å²) in [4.78, 5) is 37.7. The highest BCUT2D eigenvalue weighted by Gasteiger charge is 2.43. The number of nitrogens with one attached hydrogen (secondary N) is 1. The summed E-state index contributed by atoms with van der Waals surface area (Å²) in [5.74, 6) is -0.895. The first-order valence-corrected chi connectivity index (χ1v) is 12.0. The van der Waals surface area contributed by atoms with Crippen LogP contribution in [0.4, 0.5) is 5.69 Å². The first-order chi connectivity index (χ1) is 17.1. The predicted octanol–water partition coefficient (Wildman–Crippen LogP) is 5.47. The third-order valence-corrected chi connectivity index (χ3v) is 6.61. The summed E-state index contributed by atoms with van der Waals surface area (Å²) in [6.07, 6.45) is 0.900. The fourth-order valence-electron chi connectivity index (χ4n) is 4.78. The molecule has 9 heteroatoms. The van der Waals surface area contributed by atoms with E-state index in [1.807, 2.05) is 32.0 Å². The second-order valence-electron chi connectivity index (χ2n) is 9.70. The van der Waals surface area contributed by atoms with Gasteiger partial charge in [0.2, 0.25) is 0 Å². The molecule has 0 fully saturated rings. The van der Waals surface area contributed by atoms with E-state index in [4.69, 9.17) is 21.1 Å². The van der Waals surface area contributed by atoms with Crippen LogP contribution < -0.4 is 10.1 Å². The van der Waals surface area contributed by atoms with Gasteiger partial charge in [-0.3, -0.25) is 14.9 Å². The van der Waals surface area contributed by atoms with E-state index in [0.717, 1.165) is 5.70 Å². The molecular formula is C27H27ClN2O6. The molecule has 0 radical (unpaired) electrons. The van der Waals surface area contributed by atoms with Gasteiger partial charge >= 0.3 is 5.97 Å². The van der Waals surface area contributed by atoms with E-state index in [1.165, 1.54) is 12.1 Å². The molecule has 1 N–H and O–H groups in total. The Labute approximate surface area is 214 Å². The Bertz CT molecular complexity index is 1280. The van der Waals surface area contributed by atoms with Crippen molar-refractivity contribution in [2.45, 2.75) is 39.5 Å². The number of hydrogen-bond acceptors (Lipinski definition) is 7. The fraction of sp³-hybridized carbons (Fsp3) is 0.333. The van der Waals surface area contributed by atoms with Gasteiger partial charge in [0.05, 0.1) is 10.5 Å². The summed E-state index contributed by atoms with van der Waals surface area (Å²) >= 11 is 6.05. The number of carbonyl (C=O) groups excluding carboxylic acids is 2. The molecule has 2 aromatic rings. The highest BCUT2D eigenvalue weighted by atomic mass is 35.5. The number of esters is 1. The zero-order chi connectivity index (χ0) is 26.0. The summed E-state index contributed by atoms with van der Waals surface area (Å²) in [5, 5.41) is 14.8. The number of halogens is 1. The van der Waals surface area contributed by atoms with E-state index in [0.29, 0.717) is 35.4 Å². The molecule has 1 aliphatic carbocycles. The van der Waals surface area contributed by atoms with Gasteiger partial charge in [0.15, 0.2) is 5.78 Å². The van der Waals surface area contributed by atoms with Gasteiger partial charge in [-0.25, -0.2) is 4.79 Å². The van der Waals surface area contributed by atoms with Gasteiger partial charge in [-0.2, -0.15) is 0 Å². The first kappa shape index (κ1) is 25.4. The standard InChI is InChI=1S/C27H27ClN2O6/c1-16-23(26(32)36-12-11-35-18-7-5-4-6-8-18)24(17-9-10-19(28)21(13-17)30(33)34)25-20(29-16)14-27(2,3)15-22(25)31/h4-10,13,24,29H,11-12,14-15H2,1-3H3/t24-/m0/s1. The number of hydrogen-bond donors (Lipinski definition) is 1. The van der Waals surface area contributed by atoms with Gasteiger partial charge in [0, 0.05) is 35.4 Å². The van der Waals surface area contributed by atoms with E-state index in [9.17, 15) is 19.7 Å². The molecule has 0 saturated heterocycles.